The van der Waals surface area contributed by atoms with E-state index in [9.17, 15) is 26.3 Å². The molecule has 0 atom stereocenters. The molecule has 0 saturated carbocycles. The fourth-order valence-corrected chi connectivity index (χ4v) is 3.15. The highest BCUT2D eigenvalue weighted by Crippen LogP contribution is 2.30. The third kappa shape index (κ3) is 7.32. The number of hydrogen-bond donors (Lipinski definition) is 2. The van der Waals surface area contributed by atoms with Crippen LogP contribution in [-0.2, 0) is 32.0 Å². The Labute approximate surface area is 193 Å². The van der Waals surface area contributed by atoms with Crippen molar-refractivity contribution in [2.24, 2.45) is 11.5 Å². The summed E-state index contributed by atoms with van der Waals surface area (Å²) in [4.78, 5) is 0. The van der Waals surface area contributed by atoms with Gasteiger partial charge in [-0.15, -0.1) is 0 Å². The lowest BCUT2D eigenvalue weighted by Gasteiger charge is -2.06. The summed E-state index contributed by atoms with van der Waals surface area (Å²) in [6, 6.07) is 9.07. The van der Waals surface area contributed by atoms with Crippen LogP contribution >= 0.6 is 0 Å². The molecule has 0 aliphatic heterocycles. The fraction of sp³-hybridized carbons (Fsp3) is 0.455. The molecule has 6 nitrogen and oxygen atoms in total. The monoisotopic (exact) mass is 490 g/mol. The first kappa shape index (κ1) is 27.4. The average molecular weight is 490 g/mol. The molecule has 1 aromatic carbocycles. The van der Waals surface area contributed by atoms with E-state index in [1.54, 1.807) is 18.2 Å². The number of nitrogens with two attached hydrogens (primary N) is 2. The molecule has 0 aliphatic rings. The van der Waals surface area contributed by atoms with E-state index in [1.165, 1.54) is 9.36 Å². The van der Waals surface area contributed by atoms with Crippen molar-refractivity contribution in [2.75, 3.05) is 0 Å². The highest BCUT2D eigenvalue weighted by molar-refractivity contribution is 5.37. The number of aryl methyl sites for hydroxylation is 2. The lowest BCUT2D eigenvalue weighted by Crippen LogP contribution is -2.10. The van der Waals surface area contributed by atoms with Crippen molar-refractivity contribution in [1.82, 2.24) is 19.6 Å². The van der Waals surface area contributed by atoms with Crippen LogP contribution < -0.4 is 11.5 Å². The average Bonchev–Trinajstić information content (AvgIpc) is 3.38. The fourth-order valence-electron chi connectivity index (χ4n) is 3.15. The summed E-state index contributed by atoms with van der Waals surface area (Å²) in [6.07, 6.45) is -6.03. The number of alkyl halides is 6. The molecule has 0 radical (unpaired) electrons. The maximum Gasteiger partial charge on any atom is 0.435 e. The Bertz CT molecular complexity index is 1050. The number of hydrogen-bond acceptors (Lipinski definition) is 4. The Balaban J connectivity index is 0.000000242. The molecule has 3 aromatic rings. The summed E-state index contributed by atoms with van der Waals surface area (Å²) in [7, 11) is 0. The molecular formula is C22H28F6N6. The van der Waals surface area contributed by atoms with Gasteiger partial charge in [0.25, 0.3) is 0 Å². The van der Waals surface area contributed by atoms with Gasteiger partial charge in [0.05, 0.1) is 17.1 Å². The molecular weight excluding hydrogens is 462 g/mol. The van der Waals surface area contributed by atoms with Gasteiger partial charge in [-0.2, -0.15) is 36.5 Å². The summed E-state index contributed by atoms with van der Waals surface area (Å²) in [5, 5.41) is 7.11. The number of benzene rings is 1. The third-order valence-electron chi connectivity index (χ3n) is 4.87. The van der Waals surface area contributed by atoms with Crippen LogP contribution in [0.4, 0.5) is 26.3 Å². The predicted molar refractivity (Wildman–Crippen MR) is 116 cm³/mol. The van der Waals surface area contributed by atoms with Crippen molar-refractivity contribution in [3.05, 3.63) is 64.7 Å². The first-order valence-electron chi connectivity index (χ1n) is 10.7. The molecule has 2 heterocycles. The van der Waals surface area contributed by atoms with Crippen molar-refractivity contribution < 1.29 is 26.3 Å². The van der Waals surface area contributed by atoms with Crippen molar-refractivity contribution in [1.29, 1.82) is 0 Å². The number of aromatic nitrogens is 4. The molecule has 12 heteroatoms. The van der Waals surface area contributed by atoms with Gasteiger partial charge in [0, 0.05) is 19.6 Å². The lowest BCUT2D eigenvalue weighted by atomic mass is 10.2. The summed E-state index contributed by atoms with van der Waals surface area (Å²) < 4.78 is 77.5. The van der Waals surface area contributed by atoms with Crippen LogP contribution in [0.2, 0.25) is 0 Å². The highest BCUT2D eigenvalue weighted by atomic mass is 19.4. The first-order chi connectivity index (χ1) is 15.9. The second-order valence-corrected chi connectivity index (χ2v) is 7.63. The molecule has 4 N–H and O–H groups in total. The Hall–Kier alpha value is -2.86. The van der Waals surface area contributed by atoms with Gasteiger partial charge in [-0.05, 0) is 43.2 Å². The SMILES string of the molecule is CCCCCn1nc(C(F)(F)F)cc1CN.Cc1cccc(-n2nc(C(F)(F)F)cc2CN)c1. The molecule has 188 valence electrons. The smallest absolute Gasteiger partial charge is 0.325 e. The zero-order valence-electron chi connectivity index (χ0n) is 18.9. The molecule has 0 saturated heterocycles. The van der Waals surface area contributed by atoms with Crippen molar-refractivity contribution in [2.45, 2.75) is 65.1 Å². The summed E-state index contributed by atoms with van der Waals surface area (Å²) in [5.74, 6) is 0. The van der Waals surface area contributed by atoms with Gasteiger partial charge >= 0.3 is 12.4 Å². The minimum atomic E-state index is -4.46. The second-order valence-electron chi connectivity index (χ2n) is 7.63. The van der Waals surface area contributed by atoms with Gasteiger partial charge in [0.1, 0.15) is 0 Å². The molecule has 0 amide bonds. The molecule has 0 spiro atoms. The Morgan fingerprint density at radius 2 is 1.41 bits per heavy atom. The van der Waals surface area contributed by atoms with Crippen LogP contribution in [0.25, 0.3) is 5.69 Å². The topological polar surface area (TPSA) is 87.7 Å². The zero-order valence-corrected chi connectivity index (χ0v) is 18.9. The van der Waals surface area contributed by atoms with Gasteiger partial charge in [-0.25, -0.2) is 4.68 Å². The Morgan fingerprint density at radius 3 is 1.94 bits per heavy atom. The van der Waals surface area contributed by atoms with Gasteiger partial charge < -0.3 is 11.5 Å². The normalized spacial score (nSPS) is 11.9. The second kappa shape index (κ2) is 11.5. The molecule has 0 fully saturated rings. The minimum absolute atomic E-state index is 0.00295. The number of rotatable bonds is 7. The van der Waals surface area contributed by atoms with Gasteiger partial charge in [0.15, 0.2) is 11.4 Å². The third-order valence-corrected chi connectivity index (χ3v) is 4.87. The summed E-state index contributed by atoms with van der Waals surface area (Å²) in [6.45, 7) is 4.47. The van der Waals surface area contributed by atoms with Crippen molar-refractivity contribution in [3.63, 3.8) is 0 Å². The van der Waals surface area contributed by atoms with E-state index in [-0.39, 0.29) is 13.1 Å². The maximum atomic E-state index is 12.6. The molecule has 0 aliphatic carbocycles. The summed E-state index contributed by atoms with van der Waals surface area (Å²) >= 11 is 0. The number of unbranched alkanes of at least 4 members (excludes halogenated alkanes) is 2. The van der Waals surface area contributed by atoms with Crippen LogP contribution in [0, 0.1) is 6.92 Å². The van der Waals surface area contributed by atoms with Crippen molar-refractivity contribution in [3.8, 4) is 5.69 Å². The Morgan fingerprint density at radius 1 is 0.824 bits per heavy atom. The minimum Gasteiger partial charge on any atom is -0.325 e. The van der Waals surface area contributed by atoms with Crippen LogP contribution in [-0.4, -0.2) is 19.6 Å². The van der Waals surface area contributed by atoms with Crippen LogP contribution in [0.1, 0.15) is 54.5 Å². The van der Waals surface area contributed by atoms with E-state index >= 15 is 0 Å². The highest BCUT2D eigenvalue weighted by Gasteiger charge is 2.35. The number of nitrogens with zero attached hydrogens (tertiary/aromatic N) is 4. The van der Waals surface area contributed by atoms with Crippen LogP contribution in [0.3, 0.4) is 0 Å². The Kier molecular flexibility index (Phi) is 9.28. The number of halogens is 6. The van der Waals surface area contributed by atoms with Crippen LogP contribution in [0.5, 0.6) is 0 Å². The molecule has 0 unspecified atom stereocenters. The van der Waals surface area contributed by atoms with E-state index in [0.29, 0.717) is 23.6 Å². The van der Waals surface area contributed by atoms with E-state index in [0.717, 1.165) is 37.0 Å². The molecule has 2 aromatic heterocycles. The largest absolute Gasteiger partial charge is 0.435 e. The molecule has 3 rings (SSSR count). The van der Waals surface area contributed by atoms with E-state index < -0.39 is 23.7 Å². The predicted octanol–water partition coefficient (Wildman–Crippen LogP) is 5.21. The standard InChI is InChI=1S/C12H12F3N3.C10H16F3N3/c1-8-3-2-4-9(5-8)18-10(7-16)6-11(17-18)12(13,14)15;1-2-3-4-5-16-8(7-14)6-9(15-16)10(11,12)13/h2-6H,7,16H2,1H3;6H,2-5,7,14H2,1H3. The van der Waals surface area contributed by atoms with E-state index in [4.69, 9.17) is 11.5 Å². The van der Waals surface area contributed by atoms with Gasteiger partial charge in [-0.3, -0.25) is 4.68 Å². The van der Waals surface area contributed by atoms with E-state index in [1.807, 2.05) is 19.9 Å². The van der Waals surface area contributed by atoms with Crippen LogP contribution in [0.15, 0.2) is 36.4 Å². The van der Waals surface area contributed by atoms with Gasteiger partial charge in [-0.1, -0.05) is 31.9 Å². The maximum absolute atomic E-state index is 12.6. The lowest BCUT2D eigenvalue weighted by molar-refractivity contribution is -0.142. The summed E-state index contributed by atoms with van der Waals surface area (Å²) in [5.41, 5.74) is 11.3. The van der Waals surface area contributed by atoms with Gasteiger partial charge in [0.2, 0.25) is 0 Å². The molecule has 34 heavy (non-hydrogen) atoms. The first-order valence-corrected chi connectivity index (χ1v) is 10.7. The quantitative estimate of drug-likeness (QED) is 0.352. The zero-order chi connectivity index (χ0) is 25.5. The molecule has 0 bridgehead atoms. The van der Waals surface area contributed by atoms with E-state index in [2.05, 4.69) is 10.2 Å². The van der Waals surface area contributed by atoms with Crippen molar-refractivity contribution >= 4 is 0 Å².